The predicted octanol–water partition coefficient (Wildman–Crippen LogP) is 4.12. The number of phenols is 1. The number of rotatable bonds is 7. The lowest BCUT2D eigenvalue weighted by atomic mass is 9.94. The van der Waals surface area contributed by atoms with Crippen LogP contribution in [0.25, 0.3) is 11.1 Å². The van der Waals surface area contributed by atoms with Gasteiger partial charge in [-0.25, -0.2) is 4.68 Å². The fourth-order valence-electron chi connectivity index (χ4n) is 4.18. The average Bonchev–Trinajstić information content (AvgIpc) is 2.86. The van der Waals surface area contributed by atoms with Crippen molar-refractivity contribution in [2.75, 3.05) is 7.05 Å². The predicted molar refractivity (Wildman–Crippen MR) is 133 cm³/mol. The summed E-state index contributed by atoms with van der Waals surface area (Å²) in [7, 11) is 1.58. The highest BCUT2D eigenvalue weighted by molar-refractivity contribution is 5.94. The number of carbonyl (C=O) groups is 1. The molecule has 4 aromatic rings. The molecule has 3 aromatic carbocycles. The fraction of sp³-hybridized carbons (Fsp3) is 0.179. The van der Waals surface area contributed by atoms with E-state index in [9.17, 15) is 14.7 Å². The zero-order chi connectivity index (χ0) is 24.1. The summed E-state index contributed by atoms with van der Waals surface area (Å²) in [5, 5.41) is 17.7. The molecule has 4 rings (SSSR count). The number of aromatic hydroxyl groups is 1. The Hall–Kier alpha value is -4.19. The highest BCUT2D eigenvalue weighted by atomic mass is 16.3. The SMILES string of the molecule is CNC(=O)c1cccc(Cn2nc(C)c(-c3ccccc3O)c(CCc3ccccc3)c2=O)c1. The van der Waals surface area contributed by atoms with E-state index in [4.69, 9.17) is 0 Å². The van der Waals surface area contributed by atoms with Crippen molar-refractivity contribution in [3.63, 3.8) is 0 Å². The van der Waals surface area contributed by atoms with Gasteiger partial charge in [-0.3, -0.25) is 9.59 Å². The Morgan fingerprint density at radius 2 is 1.65 bits per heavy atom. The third-order valence-electron chi connectivity index (χ3n) is 5.86. The maximum absolute atomic E-state index is 13.7. The number of phenolic OH excluding ortho intramolecular Hbond substituents is 1. The number of aryl methyl sites for hydroxylation is 2. The van der Waals surface area contributed by atoms with E-state index in [1.54, 1.807) is 37.4 Å². The molecule has 0 aliphatic heterocycles. The Bertz CT molecular complexity index is 1380. The number of carbonyl (C=O) groups excluding carboxylic acids is 1. The molecule has 1 aromatic heterocycles. The van der Waals surface area contributed by atoms with Gasteiger partial charge in [-0.15, -0.1) is 0 Å². The molecule has 0 aliphatic rings. The van der Waals surface area contributed by atoms with Gasteiger partial charge < -0.3 is 10.4 Å². The van der Waals surface area contributed by atoms with Crippen molar-refractivity contribution in [1.29, 1.82) is 0 Å². The van der Waals surface area contributed by atoms with E-state index in [1.165, 1.54) is 4.68 Å². The van der Waals surface area contributed by atoms with Crippen LogP contribution in [0.1, 0.15) is 32.7 Å². The van der Waals surface area contributed by atoms with E-state index >= 15 is 0 Å². The van der Waals surface area contributed by atoms with Crippen LogP contribution in [-0.4, -0.2) is 27.8 Å². The summed E-state index contributed by atoms with van der Waals surface area (Å²) in [5.41, 5.74) is 4.80. The number of nitrogens with one attached hydrogen (secondary N) is 1. The average molecular weight is 454 g/mol. The molecule has 0 spiro atoms. The number of para-hydroxylation sites is 1. The first-order chi connectivity index (χ1) is 16.5. The van der Waals surface area contributed by atoms with Crippen molar-refractivity contribution in [1.82, 2.24) is 15.1 Å². The molecule has 6 nitrogen and oxygen atoms in total. The molecular weight excluding hydrogens is 426 g/mol. The monoisotopic (exact) mass is 453 g/mol. The zero-order valence-corrected chi connectivity index (χ0v) is 19.3. The Morgan fingerprint density at radius 3 is 2.38 bits per heavy atom. The number of hydrogen-bond donors (Lipinski definition) is 2. The fourth-order valence-corrected chi connectivity index (χ4v) is 4.18. The van der Waals surface area contributed by atoms with Gasteiger partial charge in [0.15, 0.2) is 0 Å². The van der Waals surface area contributed by atoms with Crippen LogP contribution in [0.3, 0.4) is 0 Å². The third kappa shape index (κ3) is 4.91. The van der Waals surface area contributed by atoms with Gasteiger partial charge >= 0.3 is 0 Å². The molecule has 0 saturated heterocycles. The van der Waals surface area contributed by atoms with Crippen LogP contribution in [0.4, 0.5) is 0 Å². The Kier molecular flexibility index (Phi) is 6.87. The first kappa shape index (κ1) is 23.0. The zero-order valence-electron chi connectivity index (χ0n) is 19.3. The van der Waals surface area contributed by atoms with Crippen LogP contribution in [0.5, 0.6) is 5.75 Å². The van der Waals surface area contributed by atoms with Crippen LogP contribution in [-0.2, 0) is 19.4 Å². The van der Waals surface area contributed by atoms with Crippen LogP contribution in [0.15, 0.2) is 83.7 Å². The summed E-state index contributed by atoms with van der Waals surface area (Å²) in [5.74, 6) is -0.0689. The minimum absolute atomic E-state index is 0.115. The topological polar surface area (TPSA) is 84.2 Å². The summed E-state index contributed by atoms with van der Waals surface area (Å²) in [6, 6.07) is 24.2. The molecule has 0 aliphatic carbocycles. The number of amides is 1. The van der Waals surface area contributed by atoms with Crippen LogP contribution >= 0.6 is 0 Å². The molecule has 0 atom stereocenters. The third-order valence-corrected chi connectivity index (χ3v) is 5.86. The molecule has 6 heteroatoms. The van der Waals surface area contributed by atoms with Gasteiger partial charge in [-0.2, -0.15) is 5.10 Å². The molecule has 2 N–H and O–H groups in total. The molecule has 1 heterocycles. The smallest absolute Gasteiger partial charge is 0.270 e. The van der Waals surface area contributed by atoms with Gasteiger partial charge in [0.1, 0.15) is 5.75 Å². The van der Waals surface area contributed by atoms with Crippen molar-refractivity contribution in [3.8, 4) is 16.9 Å². The van der Waals surface area contributed by atoms with Crippen molar-refractivity contribution in [3.05, 3.63) is 117 Å². The molecule has 0 unspecified atom stereocenters. The lowest BCUT2D eigenvalue weighted by Gasteiger charge is -2.16. The summed E-state index contributed by atoms with van der Waals surface area (Å²) in [6.07, 6.45) is 1.19. The maximum atomic E-state index is 13.7. The van der Waals surface area contributed by atoms with E-state index in [0.717, 1.165) is 11.1 Å². The maximum Gasteiger partial charge on any atom is 0.270 e. The number of hydrogen-bond acceptors (Lipinski definition) is 4. The van der Waals surface area contributed by atoms with Crippen molar-refractivity contribution in [2.24, 2.45) is 0 Å². The van der Waals surface area contributed by atoms with Crippen LogP contribution < -0.4 is 10.9 Å². The van der Waals surface area contributed by atoms with E-state index in [0.29, 0.717) is 40.8 Å². The van der Waals surface area contributed by atoms with E-state index in [-0.39, 0.29) is 23.8 Å². The second-order valence-electron chi connectivity index (χ2n) is 8.18. The highest BCUT2D eigenvalue weighted by Crippen LogP contribution is 2.32. The molecule has 1 amide bonds. The minimum atomic E-state index is -0.204. The largest absolute Gasteiger partial charge is 0.507 e. The van der Waals surface area contributed by atoms with E-state index in [2.05, 4.69) is 10.4 Å². The van der Waals surface area contributed by atoms with Crippen LogP contribution in [0.2, 0.25) is 0 Å². The Labute approximate surface area is 198 Å². The van der Waals surface area contributed by atoms with Gasteiger partial charge in [-0.1, -0.05) is 60.7 Å². The summed E-state index contributed by atoms with van der Waals surface area (Å²) in [6.45, 7) is 2.09. The van der Waals surface area contributed by atoms with Crippen LogP contribution in [0, 0.1) is 6.92 Å². The normalized spacial score (nSPS) is 10.8. The first-order valence-electron chi connectivity index (χ1n) is 11.2. The van der Waals surface area contributed by atoms with Gasteiger partial charge in [0, 0.05) is 29.3 Å². The first-order valence-corrected chi connectivity index (χ1v) is 11.2. The Balaban J connectivity index is 1.79. The number of nitrogens with zero attached hydrogens (tertiary/aromatic N) is 2. The van der Waals surface area contributed by atoms with E-state index in [1.807, 2.05) is 55.5 Å². The molecule has 0 fully saturated rings. The van der Waals surface area contributed by atoms with Gasteiger partial charge in [0.2, 0.25) is 0 Å². The lowest BCUT2D eigenvalue weighted by molar-refractivity contribution is 0.0963. The van der Waals surface area contributed by atoms with Crippen molar-refractivity contribution < 1.29 is 9.90 Å². The quantitative estimate of drug-likeness (QED) is 0.441. The van der Waals surface area contributed by atoms with Crippen molar-refractivity contribution >= 4 is 5.91 Å². The van der Waals surface area contributed by atoms with Gasteiger partial charge in [-0.05, 0) is 49.1 Å². The van der Waals surface area contributed by atoms with Gasteiger partial charge in [0.05, 0.1) is 12.2 Å². The van der Waals surface area contributed by atoms with E-state index < -0.39 is 0 Å². The number of aromatic nitrogens is 2. The second kappa shape index (κ2) is 10.2. The standard InChI is InChI=1S/C28H27N3O3/c1-19-26(23-13-6-7-14-25(23)32)24(16-15-20-9-4-3-5-10-20)28(34)31(30-19)18-21-11-8-12-22(17-21)27(33)29-2/h3-14,17,32H,15-16,18H2,1-2H3,(H,29,33). The molecule has 0 saturated carbocycles. The second-order valence-corrected chi connectivity index (χ2v) is 8.18. The molecule has 34 heavy (non-hydrogen) atoms. The lowest BCUT2D eigenvalue weighted by Crippen LogP contribution is -2.29. The Morgan fingerprint density at radius 1 is 0.941 bits per heavy atom. The molecular formula is C28H27N3O3. The summed E-state index contributed by atoms with van der Waals surface area (Å²) >= 11 is 0. The number of benzene rings is 3. The highest BCUT2D eigenvalue weighted by Gasteiger charge is 2.19. The molecule has 172 valence electrons. The minimum Gasteiger partial charge on any atom is -0.507 e. The summed E-state index contributed by atoms with van der Waals surface area (Å²) < 4.78 is 1.45. The van der Waals surface area contributed by atoms with Crippen molar-refractivity contribution in [2.45, 2.75) is 26.3 Å². The summed E-state index contributed by atoms with van der Waals surface area (Å²) in [4.78, 5) is 25.7. The molecule has 0 bridgehead atoms. The van der Waals surface area contributed by atoms with Gasteiger partial charge in [0.25, 0.3) is 11.5 Å². The molecule has 0 radical (unpaired) electrons.